The first-order valence-corrected chi connectivity index (χ1v) is 8.25. The second-order valence-electron chi connectivity index (χ2n) is 5.83. The number of hydrogen-bond acceptors (Lipinski definition) is 3. The summed E-state index contributed by atoms with van der Waals surface area (Å²) in [7, 11) is 0. The molecule has 2 aromatic carbocycles. The fourth-order valence-corrected chi connectivity index (χ4v) is 2.84. The predicted molar refractivity (Wildman–Crippen MR) is 97.7 cm³/mol. The van der Waals surface area contributed by atoms with Crippen molar-refractivity contribution in [1.82, 2.24) is 9.88 Å². The number of benzene rings is 2. The van der Waals surface area contributed by atoms with Gasteiger partial charge in [0.15, 0.2) is 0 Å². The molecule has 5 nitrogen and oxygen atoms in total. The van der Waals surface area contributed by atoms with E-state index in [1.165, 1.54) is 11.1 Å². The minimum atomic E-state index is -0.364. The lowest BCUT2D eigenvalue weighted by Crippen LogP contribution is -2.37. The first-order chi connectivity index (χ1) is 12.2. The molecule has 0 aliphatic carbocycles. The van der Waals surface area contributed by atoms with E-state index < -0.39 is 0 Å². The first kappa shape index (κ1) is 16.9. The molecule has 0 saturated heterocycles. The Bertz CT molecular complexity index is 919. The Morgan fingerprint density at radius 1 is 1.00 bits per heavy atom. The highest BCUT2D eigenvalue weighted by molar-refractivity contribution is 5.97. The van der Waals surface area contributed by atoms with Gasteiger partial charge in [0.25, 0.3) is 5.91 Å². The van der Waals surface area contributed by atoms with Crippen molar-refractivity contribution in [3.8, 4) is 0 Å². The van der Waals surface area contributed by atoms with Crippen LogP contribution >= 0.6 is 0 Å². The van der Waals surface area contributed by atoms with Gasteiger partial charge in [-0.3, -0.25) is 9.59 Å². The number of nitrogens with one attached hydrogen (secondary N) is 1. The number of rotatable bonds is 6. The Hall–Kier alpha value is -2.92. The highest BCUT2D eigenvalue weighted by atomic mass is 16.3. The highest BCUT2D eigenvalue weighted by Gasteiger charge is 2.19. The molecule has 0 fully saturated rings. The van der Waals surface area contributed by atoms with Crippen LogP contribution < -0.4 is 5.43 Å². The summed E-state index contributed by atoms with van der Waals surface area (Å²) in [4.78, 5) is 30.0. The number of aromatic nitrogens is 1. The fraction of sp³-hybridized carbons (Fsp3) is 0.200. The molecule has 0 saturated carbocycles. The van der Waals surface area contributed by atoms with Gasteiger partial charge in [-0.25, -0.2) is 0 Å². The molecule has 0 aliphatic rings. The van der Waals surface area contributed by atoms with Gasteiger partial charge in [0.05, 0.1) is 6.61 Å². The molecule has 1 heterocycles. The molecule has 1 aromatic heterocycles. The molecule has 0 unspecified atom stereocenters. The second kappa shape index (κ2) is 7.77. The van der Waals surface area contributed by atoms with Crippen molar-refractivity contribution in [2.75, 3.05) is 19.7 Å². The van der Waals surface area contributed by atoms with Crippen LogP contribution in [0.2, 0.25) is 0 Å². The molecule has 5 heteroatoms. The highest BCUT2D eigenvalue weighted by Crippen LogP contribution is 2.10. The summed E-state index contributed by atoms with van der Waals surface area (Å²) >= 11 is 0. The van der Waals surface area contributed by atoms with E-state index in [9.17, 15) is 14.7 Å². The SMILES string of the molecule is O=C(c1c[nH]c2ccccc2c1=O)N(CCO)CCc1ccccc1. The van der Waals surface area contributed by atoms with Crippen molar-refractivity contribution in [3.63, 3.8) is 0 Å². The topological polar surface area (TPSA) is 73.4 Å². The Labute approximate surface area is 145 Å². The van der Waals surface area contributed by atoms with Crippen molar-refractivity contribution in [3.05, 3.63) is 82.1 Å². The number of nitrogens with zero attached hydrogens (tertiary/aromatic N) is 1. The van der Waals surface area contributed by atoms with Gasteiger partial charge in [-0.05, 0) is 24.1 Å². The van der Waals surface area contributed by atoms with Gasteiger partial charge in [-0.15, -0.1) is 0 Å². The van der Waals surface area contributed by atoms with E-state index in [2.05, 4.69) is 4.98 Å². The van der Waals surface area contributed by atoms with Crippen molar-refractivity contribution in [1.29, 1.82) is 0 Å². The molecule has 2 N–H and O–H groups in total. The summed E-state index contributed by atoms with van der Waals surface area (Å²) in [6.07, 6.45) is 2.12. The van der Waals surface area contributed by atoms with E-state index in [0.29, 0.717) is 23.9 Å². The maximum absolute atomic E-state index is 12.8. The maximum Gasteiger partial charge on any atom is 0.259 e. The smallest absolute Gasteiger partial charge is 0.259 e. The number of amides is 1. The molecule has 25 heavy (non-hydrogen) atoms. The summed E-state index contributed by atoms with van der Waals surface area (Å²) < 4.78 is 0. The average Bonchev–Trinajstić information content (AvgIpc) is 2.66. The number of para-hydroxylation sites is 1. The van der Waals surface area contributed by atoms with E-state index in [4.69, 9.17) is 0 Å². The average molecular weight is 336 g/mol. The molecule has 3 rings (SSSR count). The third-order valence-corrected chi connectivity index (χ3v) is 4.19. The van der Waals surface area contributed by atoms with Gasteiger partial charge >= 0.3 is 0 Å². The van der Waals surface area contributed by atoms with Crippen LogP contribution in [0.5, 0.6) is 0 Å². The van der Waals surface area contributed by atoms with Crippen LogP contribution in [0.1, 0.15) is 15.9 Å². The third-order valence-electron chi connectivity index (χ3n) is 4.19. The summed E-state index contributed by atoms with van der Waals surface area (Å²) in [5.74, 6) is -0.364. The van der Waals surface area contributed by atoms with Gasteiger partial charge in [0, 0.05) is 30.2 Å². The van der Waals surface area contributed by atoms with Gasteiger partial charge in [-0.1, -0.05) is 42.5 Å². The minimum absolute atomic E-state index is 0.0974. The quantitative estimate of drug-likeness (QED) is 0.725. The number of fused-ring (bicyclic) bond motifs is 1. The lowest BCUT2D eigenvalue weighted by Gasteiger charge is -2.21. The number of hydrogen-bond donors (Lipinski definition) is 2. The van der Waals surface area contributed by atoms with Crippen LogP contribution in [0.25, 0.3) is 10.9 Å². The molecule has 0 spiro atoms. The molecular weight excluding hydrogens is 316 g/mol. The van der Waals surface area contributed by atoms with Crippen molar-refractivity contribution in [2.45, 2.75) is 6.42 Å². The molecule has 0 aliphatic heterocycles. The number of carbonyl (C=O) groups excluding carboxylic acids is 1. The van der Waals surface area contributed by atoms with Gasteiger partial charge in [0.1, 0.15) is 5.56 Å². The minimum Gasteiger partial charge on any atom is -0.395 e. The van der Waals surface area contributed by atoms with Crippen molar-refractivity contribution >= 4 is 16.8 Å². The largest absolute Gasteiger partial charge is 0.395 e. The van der Waals surface area contributed by atoms with Crippen LogP contribution in [0.3, 0.4) is 0 Å². The number of carbonyl (C=O) groups is 1. The van der Waals surface area contributed by atoms with Crippen molar-refractivity contribution < 1.29 is 9.90 Å². The van der Waals surface area contributed by atoms with E-state index in [1.54, 1.807) is 18.2 Å². The normalized spacial score (nSPS) is 10.8. The van der Waals surface area contributed by atoms with Gasteiger partial charge in [-0.2, -0.15) is 0 Å². The molecular formula is C20H20N2O3. The monoisotopic (exact) mass is 336 g/mol. The van der Waals surface area contributed by atoms with E-state index in [0.717, 1.165) is 5.56 Å². The molecule has 0 bridgehead atoms. The Kier molecular flexibility index (Phi) is 5.26. The lowest BCUT2D eigenvalue weighted by atomic mass is 10.1. The number of H-pyrrole nitrogens is 1. The standard InChI is InChI=1S/C20H20N2O3/c23-13-12-22(11-10-15-6-2-1-3-7-15)20(25)17-14-21-18-9-5-4-8-16(18)19(17)24/h1-9,14,23H,10-13H2,(H,21,24). The number of aliphatic hydroxyl groups is 1. The van der Waals surface area contributed by atoms with Crippen LogP contribution in [0.4, 0.5) is 0 Å². The number of pyridine rings is 1. The second-order valence-corrected chi connectivity index (χ2v) is 5.83. The molecule has 0 atom stereocenters. The Balaban J connectivity index is 1.85. The molecule has 0 radical (unpaired) electrons. The number of aliphatic hydroxyl groups excluding tert-OH is 1. The van der Waals surface area contributed by atoms with Crippen LogP contribution in [0, 0.1) is 0 Å². The number of aromatic amines is 1. The summed E-state index contributed by atoms with van der Waals surface area (Å²) in [5.41, 5.74) is 1.61. The zero-order valence-corrected chi connectivity index (χ0v) is 13.8. The van der Waals surface area contributed by atoms with Gasteiger partial charge < -0.3 is 15.0 Å². The van der Waals surface area contributed by atoms with E-state index in [1.807, 2.05) is 36.4 Å². The predicted octanol–water partition coefficient (Wildman–Crippen LogP) is 2.21. The zero-order chi connectivity index (χ0) is 17.6. The fourth-order valence-electron chi connectivity index (χ4n) is 2.84. The van der Waals surface area contributed by atoms with Crippen LogP contribution in [-0.2, 0) is 6.42 Å². The van der Waals surface area contributed by atoms with Crippen molar-refractivity contribution in [2.24, 2.45) is 0 Å². The lowest BCUT2D eigenvalue weighted by molar-refractivity contribution is 0.0722. The van der Waals surface area contributed by atoms with E-state index in [-0.39, 0.29) is 30.1 Å². The first-order valence-electron chi connectivity index (χ1n) is 8.25. The van der Waals surface area contributed by atoms with Crippen LogP contribution in [-0.4, -0.2) is 40.6 Å². The summed E-state index contributed by atoms with van der Waals surface area (Å²) in [5, 5.41) is 9.78. The Morgan fingerprint density at radius 2 is 1.72 bits per heavy atom. The van der Waals surface area contributed by atoms with Gasteiger partial charge in [0.2, 0.25) is 5.43 Å². The van der Waals surface area contributed by atoms with Crippen LogP contribution in [0.15, 0.2) is 65.6 Å². The maximum atomic E-state index is 12.8. The summed E-state index contributed by atoms with van der Waals surface area (Å²) in [6.45, 7) is 0.486. The molecule has 128 valence electrons. The third kappa shape index (κ3) is 3.78. The summed E-state index contributed by atoms with van der Waals surface area (Å²) in [6, 6.07) is 16.9. The molecule has 1 amide bonds. The zero-order valence-electron chi connectivity index (χ0n) is 13.8. The molecule has 3 aromatic rings. The Morgan fingerprint density at radius 3 is 2.48 bits per heavy atom. The van der Waals surface area contributed by atoms with E-state index >= 15 is 0 Å².